The summed E-state index contributed by atoms with van der Waals surface area (Å²) in [5.41, 5.74) is 0. The van der Waals surface area contributed by atoms with E-state index in [1.165, 1.54) is 44.9 Å². The number of quaternary nitrogens is 1. The summed E-state index contributed by atoms with van der Waals surface area (Å²) in [5, 5.41) is 0. The Morgan fingerprint density at radius 1 is 0.818 bits per heavy atom. The van der Waals surface area contributed by atoms with E-state index in [1.807, 2.05) is 28.1 Å². The van der Waals surface area contributed by atoms with E-state index in [0.29, 0.717) is 24.1 Å². The zero-order valence-corrected chi connectivity index (χ0v) is 22.7. The fourth-order valence-corrected chi connectivity index (χ4v) is 3.78. The molecule has 8 nitrogen and oxygen atoms in total. The molecule has 0 fully saturated rings. The van der Waals surface area contributed by atoms with Gasteiger partial charge in [-0.15, -0.1) is 0 Å². The standard InChI is InChI=1S/C24H50NO7P/c1-6-8-10-11-12-13-14-15-16-19-29-21-23(32-24(26)17-9-7-2)22-31-33(27,28)30-20-18-25(3,4)5/h23H,6-22H2,1-5H3. The summed E-state index contributed by atoms with van der Waals surface area (Å²) in [6, 6.07) is 0. The van der Waals surface area contributed by atoms with Gasteiger partial charge in [-0.2, -0.15) is 0 Å². The van der Waals surface area contributed by atoms with E-state index in [1.54, 1.807) is 0 Å². The van der Waals surface area contributed by atoms with Gasteiger partial charge < -0.3 is 27.9 Å². The minimum atomic E-state index is -4.47. The number of likely N-dealkylation sites (N-methyl/N-ethyl adjacent to an activating group) is 1. The number of esters is 1. The second kappa shape index (κ2) is 19.8. The molecule has 0 bridgehead atoms. The van der Waals surface area contributed by atoms with E-state index in [0.717, 1.165) is 25.7 Å². The molecule has 0 radical (unpaired) electrons. The first-order chi connectivity index (χ1) is 15.6. The molecule has 0 aliphatic carbocycles. The van der Waals surface area contributed by atoms with Crippen LogP contribution in [0.4, 0.5) is 0 Å². The third-order valence-electron chi connectivity index (χ3n) is 5.16. The first kappa shape index (κ1) is 32.5. The Kier molecular flexibility index (Phi) is 19.5. The Morgan fingerprint density at radius 2 is 1.39 bits per heavy atom. The Bertz CT molecular complexity index is 525. The normalized spacial score (nSPS) is 14.7. The zero-order chi connectivity index (χ0) is 25.0. The first-order valence-corrected chi connectivity index (χ1v) is 14.2. The van der Waals surface area contributed by atoms with E-state index in [2.05, 4.69) is 6.92 Å². The smallest absolute Gasteiger partial charge is 0.306 e. The van der Waals surface area contributed by atoms with Crippen LogP contribution >= 0.6 is 7.82 Å². The summed E-state index contributed by atoms with van der Waals surface area (Å²) in [5.74, 6) is -0.371. The molecule has 0 aromatic heterocycles. The van der Waals surface area contributed by atoms with Crippen LogP contribution in [0, 0.1) is 0 Å². The van der Waals surface area contributed by atoms with Gasteiger partial charge in [0.2, 0.25) is 0 Å². The van der Waals surface area contributed by atoms with Crippen LogP contribution < -0.4 is 4.89 Å². The van der Waals surface area contributed by atoms with Crippen LogP contribution in [0.1, 0.15) is 90.9 Å². The van der Waals surface area contributed by atoms with Gasteiger partial charge in [0.1, 0.15) is 19.3 Å². The lowest BCUT2D eigenvalue weighted by atomic mass is 10.1. The number of unbranched alkanes of at least 4 members (excludes halogenated alkanes) is 9. The highest BCUT2D eigenvalue weighted by molar-refractivity contribution is 7.45. The van der Waals surface area contributed by atoms with Crippen LogP contribution in [0.25, 0.3) is 0 Å². The van der Waals surface area contributed by atoms with Crippen molar-refractivity contribution in [1.29, 1.82) is 0 Å². The molecule has 0 amide bonds. The third kappa shape index (κ3) is 23.0. The minimum Gasteiger partial charge on any atom is -0.756 e. The number of hydrogen-bond acceptors (Lipinski definition) is 7. The summed E-state index contributed by atoms with van der Waals surface area (Å²) in [4.78, 5) is 24.0. The molecule has 0 spiro atoms. The Hall–Kier alpha value is -0.500. The highest BCUT2D eigenvalue weighted by Crippen LogP contribution is 2.38. The van der Waals surface area contributed by atoms with Gasteiger partial charge in [-0.1, -0.05) is 71.6 Å². The second-order valence-corrected chi connectivity index (χ2v) is 11.1. The lowest BCUT2D eigenvalue weighted by Gasteiger charge is -2.28. The van der Waals surface area contributed by atoms with Crippen LogP contribution in [0.15, 0.2) is 0 Å². The number of rotatable bonds is 23. The maximum Gasteiger partial charge on any atom is 0.306 e. The van der Waals surface area contributed by atoms with Crippen LogP contribution in [0.5, 0.6) is 0 Å². The number of nitrogens with zero attached hydrogens (tertiary/aromatic N) is 1. The van der Waals surface area contributed by atoms with Gasteiger partial charge in [-0.25, -0.2) is 0 Å². The van der Waals surface area contributed by atoms with E-state index in [4.69, 9.17) is 18.5 Å². The maximum atomic E-state index is 12.0. The van der Waals surface area contributed by atoms with Gasteiger partial charge in [0, 0.05) is 13.0 Å². The third-order valence-corrected chi connectivity index (χ3v) is 6.12. The SMILES string of the molecule is CCCCCCCCCCCOCC(COP(=O)([O-])OCC[N+](C)(C)C)OC(=O)CCCC. The molecule has 0 aliphatic rings. The average Bonchev–Trinajstić information content (AvgIpc) is 2.73. The molecule has 2 unspecified atom stereocenters. The summed E-state index contributed by atoms with van der Waals surface area (Å²) >= 11 is 0. The number of phosphoric ester groups is 1. The molecule has 0 heterocycles. The van der Waals surface area contributed by atoms with Crippen molar-refractivity contribution in [2.24, 2.45) is 0 Å². The van der Waals surface area contributed by atoms with Gasteiger partial charge >= 0.3 is 5.97 Å². The van der Waals surface area contributed by atoms with Gasteiger partial charge in [0.25, 0.3) is 7.82 Å². The number of hydrogen-bond donors (Lipinski definition) is 0. The molecule has 0 N–H and O–H groups in total. The van der Waals surface area contributed by atoms with Crippen molar-refractivity contribution in [3.8, 4) is 0 Å². The summed E-state index contributed by atoms with van der Waals surface area (Å²) in [6.07, 6.45) is 12.1. The molecule has 0 aromatic carbocycles. The lowest BCUT2D eigenvalue weighted by molar-refractivity contribution is -0.870. The Morgan fingerprint density at radius 3 is 1.97 bits per heavy atom. The van der Waals surface area contributed by atoms with E-state index in [-0.39, 0.29) is 25.8 Å². The van der Waals surface area contributed by atoms with Gasteiger partial charge in [-0.3, -0.25) is 9.36 Å². The van der Waals surface area contributed by atoms with Crippen molar-refractivity contribution >= 4 is 13.8 Å². The van der Waals surface area contributed by atoms with Gasteiger partial charge in [0.15, 0.2) is 0 Å². The molecule has 0 aliphatic heterocycles. The molecule has 0 saturated heterocycles. The van der Waals surface area contributed by atoms with Crippen LogP contribution in [-0.2, 0) is 27.9 Å². The lowest BCUT2D eigenvalue weighted by Crippen LogP contribution is -2.37. The molecule has 2 atom stereocenters. The fourth-order valence-electron chi connectivity index (χ4n) is 3.05. The van der Waals surface area contributed by atoms with Crippen molar-refractivity contribution in [1.82, 2.24) is 0 Å². The van der Waals surface area contributed by atoms with Crippen molar-refractivity contribution < 1.29 is 37.3 Å². The quantitative estimate of drug-likeness (QED) is 0.0866. The molecule has 33 heavy (non-hydrogen) atoms. The predicted octanol–water partition coefficient (Wildman–Crippen LogP) is 4.84. The zero-order valence-electron chi connectivity index (χ0n) is 21.9. The number of carbonyl (C=O) groups excluding carboxylic acids is 1. The second-order valence-electron chi connectivity index (χ2n) is 9.71. The summed E-state index contributed by atoms with van der Waals surface area (Å²) in [6.45, 7) is 5.11. The average molecular weight is 496 g/mol. The molecule has 0 saturated carbocycles. The van der Waals surface area contributed by atoms with E-state index < -0.39 is 13.9 Å². The number of carbonyl (C=O) groups is 1. The molecule has 198 valence electrons. The first-order valence-electron chi connectivity index (χ1n) is 12.8. The predicted molar refractivity (Wildman–Crippen MR) is 130 cm³/mol. The Labute approximate surface area is 202 Å². The minimum absolute atomic E-state index is 0.0281. The van der Waals surface area contributed by atoms with Crippen LogP contribution in [0.2, 0.25) is 0 Å². The van der Waals surface area contributed by atoms with Crippen LogP contribution in [0.3, 0.4) is 0 Å². The van der Waals surface area contributed by atoms with Crippen molar-refractivity contribution in [2.45, 2.75) is 97.0 Å². The number of phosphoric acid groups is 1. The summed E-state index contributed by atoms with van der Waals surface area (Å²) in [7, 11) is 1.35. The largest absolute Gasteiger partial charge is 0.756 e. The van der Waals surface area contributed by atoms with Crippen LogP contribution in [-0.4, -0.2) is 70.7 Å². The number of ether oxygens (including phenoxy) is 2. The summed E-state index contributed by atoms with van der Waals surface area (Å²) < 4.78 is 33.6. The fraction of sp³-hybridized carbons (Fsp3) is 0.958. The van der Waals surface area contributed by atoms with E-state index in [9.17, 15) is 14.3 Å². The molecule has 0 aromatic rings. The van der Waals surface area contributed by atoms with Gasteiger partial charge in [-0.05, 0) is 12.8 Å². The molecular weight excluding hydrogens is 445 g/mol. The van der Waals surface area contributed by atoms with E-state index >= 15 is 0 Å². The maximum absolute atomic E-state index is 12.0. The van der Waals surface area contributed by atoms with Crippen molar-refractivity contribution in [3.63, 3.8) is 0 Å². The van der Waals surface area contributed by atoms with Gasteiger partial charge in [0.05, 0.1) is 34.4 Å². The Balaban J connectivity index is 4.25. The molecule has 9 heteroatoms. The topological polar surface area (TPSA) is 94.1 Å². The molecule has 0 rings (SSSR count). The molecular formula is C24H50NO7P. The monoisotopic (exact) mass is 495 g/mol. The van der Waals surface area contributed by atoms with Crippen molar-refractivity contribution in [2.75, 3.05) is 54.1 Å². The van der Waals surface area contributed by atoms with Crippen molar-refractivity contribution in [3.05, 3.63) is 0 Å². The highest BCUT2D eigenvalue weighted by atomic mass is 31.2. The highest BCUT2D eigenvalue weighted by Gasteiger charge is 2.20.